The van der Waals surface area contributed by atoms with Gasteiger partial charge in [0.2, 0.25) is 0 Å². The summed E-state index contributed by atoms with van der Waals surface area (Å²) in [5, 5.41) is 29.2. The van der Waals surface area contributed by atoms with Crippen molar-refractivity contribution in [3.05, 3.63) is 24.3 Å². The molecule has 0 aromatic heterocycles. The molecule has 0 radical (unpaired) electrons. The van der Waals surface area contributed by atoms with E-state index in [1.807, 2.05) is 25.2 Å². The van der Waals surface area contributed by atoms with Crippen molar-refractivity contribution in [3.8, 4) is 12.3 Å². The fraction of sp³-hybridized carbons (Fsp3) is 0.636. The predicted octanol–water partition coefficient (Wildman–Crippen LogP) is 3.25. The van der Waals surface area contributed by atoms with E-state index in [0.29, 0.717) is 32.1 Å². The van der Waals surface area contributed by atoms with Crippen molar-refractivity contribution in [3.63, 3.8) is 0 Å². The Morgan fingerprint density at radius 1 is 1.33 bits per heavy atom. The van der Waals surface area contributed by atoms with Gasteiger partial charge in [-0.05, 0) is 32.1 Å². The van der Waals surface area contributed by atoms with Crippen LogP contribution in [-0.2, 0) is 9.59 Å². The topological polar surface area (TPSA) is 94.8 Å². The second-order valence-electron chi connectivity index (χ2n) is 7.33. The normalized spacial score (nSPS) is 25.1. The first-order valence-corrected chi connectivity index (χ1v) is 9.77. The number of ketones is 1. The molecule has 3 N–H and O–H groups in total. The highest BCUT2D eigenvalue weighted by molar-refractivity contribution is 5.84. The Morgan fingerprint density at radius 2 is 2.07 bits per heavy atom. The average molecular weight is 376 g/mol. The molecule has 4 atom stereocenters. The molecule has 0 bridgehead atoms. The van der Waals surface area contributed by atoms with Crippen molar-refractivity contribution in [1.82, 2.24) is 0 Å². The van der Waals surface area contributed by atoms with Crippen LogP contribution >= 0.6 is 0 Å². The summed E-state index contributed by atoms with van der Waals surface area (Å²) in [5.41, 5.74) is -1.18. The molecule has 1 aliphatic carbocycles. The molecule has 5 heteroatoms. The zero-order valence-corrected chi connectivity index (χ0v) is 16.1. The van der Waals surface area contributed by atoms with Gasteiger partial charge in [-0.15, -0.1) is 6.42 Å². The number of hydrogen-bond acceptors (Lipinski definition) is 4. The number of carbonyl (C=O) groups is 2. The number of aliphatic hydroxyl groups is 2. The predicted molar refractivity (Wildman–Crippen MR) is 105 cm³/mol. The van der Waals surface area contributed by atoms with Gasteiger partial charge in [-0.25, -0.2) is 0 Å². The lowest BCUT2D eigenvalue weighted by Crippen LogP contribution is -2.25. The van der Waals surface area contributed by atoms with Crippen molar-refractivity contribution in [2.45, 2.75) is 76.4 Å². The van der Waals surface area contributed by atoms with Crippen LogP contribution < -0.4 is 0 Å². The number of terminal acetylenes is 1. The Bertz CT molecular complexity index is 586. The number of carboxylic acid groups (broad SMARTS) is 1. The summed E-state index contributed by atoms with van der Waals surface area (Å²) in [7, 11) is 0. The summed E-state index contributed by atoms with van der Waals surface area (Å²) < 4.78 is 0. The van der Waals surface area contributed by atoms with Gasteiger partial charge >= 0.3 is 5.97 Å². The van der Waals surface area contributed by atoms with Gasteiger partial charge in [0.25, 0.3) is 0 Å². The highest BCUT2D eigenvalue weighted by Gasteiger charge is 2.39. The highest BCUT2D eigenvalue weighted by atomic mass is 16.4. The van der Waals surface area contributed by atoms with Crippen LogP contribution in [-0.4, -0.2) is 38.8 Å². The second-order valence-corrected chi connectivity index (χ2v) is 7.33. The van der Waals surface area contributed by atoms with E-state index in [2.05, 4.69) is 5.92 Å². The van der Waals surface area contributed by atoms with Crippen LogP contribution in [0.2, 0.25) is 0 Å². The summed E-state index contributed by atoms with van der Waals surface area (Å²) in [6, 6.07) is 0. The molecule has 5 nitrogen and oxygen atoms in total. The Labute approximate surface area is 162 Å². The minimum absolute atomic E-state index is 0.0329. The van der Waals surface area contributed by atoms with Gasteiger partial charge in [0, 0.05) is 31.1 Å². The fourth-order valence-electron chi connectivity index (χ4n) is 3.38. The number of aliphatic hydroxyl groups excluding tert-OH is 1. The van der Waals surface area contributed by atoms with E-state index in [9.17, 15) is 19.8 Å². The number of carboxylic acids is 1. The van der Waals surface area contributed by atoms with Crippen LogP contribution in [0, 0.1) is 24.2 Å². The minimum Gasteiger partial charge on any atom is -0.481 e. The second kappa shape index (κ2) is 11.7. The van der Waals surface area contributed by atoms with Gasteiger partial charge in [-0.1, -0.05) is 43.6 Å². The smallest absolute Gasteiger partial charge is 0.303 e. The maximum Gasteiger partial charge on any atom is 0.303 e. The molecule has 0 aromatic rings. The lowest BCUT2D eigenvalue weighted by Gasteiger charge is -2.21. The summed E-state index contributed by atoms with van der Waals surface area (Å²) in [5.74, 6) is 1.10. The van der Waals surface area contributed by atoms with Crippen LogP contribution in [0.15, 0.2) is 24.3 Å². The number of unbranched alkanes of at least 4 members (excludes halogenated alkanes) is 2. The molecule has 0 amide bonds. The van der Waals surface area contributed by atoms with Gasteiger partial charge in [0.05, 0.1) is 6.10 Å². The largest absolute Gasteiger partial charge is 0.481 e. The zero-order chi connectivity index (χ0) is 20.3. The molecular weight excluding hydrogens is 344 g/mol. The molecule has 2 unspecified atom stereocenters. The van der Waals surface area contributed by atoms with Crippen molar-refractivity contribution in [2.75, 3.05) is 0 Å². The van der Waals surface area contributed by atoms with Crippen LogP contribution in [0.5, 0.6) is 0 Å². The van der Waals surface area contributed by atoms with E-state index in [-0.39, 0.29) is 30.5 Å². The third-order valence-electron chi connectivity index (χ3n) is 5.08. The molecule has 0 heterocycles. The summed E-state index contributed by atoms with van der Waals surface area (Å²) in [6.07, 6.45) is 16.8. The molecule has 27 heavy (non-hydrogen) atoms. The fourth-order valence-corrected chi connectivity index (χ4v) is 3.38. The molecule has 1 fully saturated rings. The molecule has 0 aromatic carbocycles. The van der Waals surface area contributed by atoms with Gasteiger partial charge in [0.15, 0.2) is 0 Å². The average Bonchev–Trinajstić information content (AvgIpc) is 2.89. The number of carbonyl (C=O) groups excluding carboxylic acids is 1. The summed E-state index contributed by atoms with van der Waals surface area (Å²) in [6.45, 7) is 2.03. The minimum atomic E-state index is -1.18. The van der Waals surface area contributed by atoms with Crippen LogP contribution in [0.4, 0.5) is 0 Å². The van der Waals surface area contributed by atoms with Crippen LogP contribution in [0.1, 0.15) is 64.7 Å². The number of hydrogen-bond donors (Lipinski definition) is 3. The van der Waals surface area contributed by atoms with E-state index in [0.717, 1.165) is 12.8 Å². The Balaban J connectivity index is 2.60. The highest BCUT2D eigenvalue weighted by Crippen LogP contribution is 2.33. The van der Waals surface area contributed by atoms with Gasteiger partial charge < -0.3 is 15.3 Å². The van der Waals surface area contributed by atoms with Gasteiger partial charge in [0.1, 0.15) is 11.4 Å². The molecule has 150 valence electrons. The molecule has 0 aliphatic heterocycles. The van der Waals surface area contributed by atoms with Crippen molar-refractivity contribution >= 4 is 11.8 Å². The van der Waals surface area contributed by atoms with E-state index in [1.54, 1.807) is 6.08 Å². The molecule has 0 spiro atoms. The molecule has 1 saturated carbocycles. The third-order valence-corrected chi connectivity index (χ3v) is 5.08. The molecular formula is C22H32O5. The van der Waals surface area contributed by atoms with E-state index >= 15 is 0 Å². The third kappa shape index (κ3) is 8.11. The van der Waals surface area contributed by atoms with Crippen molar-refractivity contribution in [2.24, 2.45) is 11.8 Å². The maximum absolute atomic E-state index is 12.2. The number of aliphatic carboxylic acids is 1. The first-order valence-electron chi connectivity index (χ1n) is 9.77. The number of allylic oxidation sites excluding steroid dienone is 2. The molecule has 1 aliphatic rings. The van der Waals surface area contributed by atoms with Crippen LogP contribution in [0.3, 0.4) is 0 Å². The molecule has 0 saturated heterocycles. The van der Waals surface area contributed by atoms with Gasteiger partial charge in [-0.2, -0.15) is 0 Å². The Kier molecular flexibility index (Phi) is 10.1. The first kappa shape index (κ1) is 23.1. The number of rotatable bonds is 12. The molecule has 1 rings (SSSR count). The SMILES string of the molecule is C#CC(O)(CC=C[C@H]1C(O)CC(=O)[C@@H]1CC=CCCCC(=O)O)CCCC. The number of Topliss-reactive ketones (excluding diaryl/α,β-unsaturated/α-hetero) is 1. The van der Waals surface area contributed by atoms with Crippen LogP contribution in [0.25, 0.3) is 0 Å². The summed E-state index contributed by atoms with van der Waals surface area (Å²) in [4.78, 5) is 22.7. The Morgan fingerprint density at radius 3 is 2.70 bits per heavy atom. The van der Waals surface area contributed by atoms with E-state index in [4.69, 9.17) is 11.5 Å². The maximum atomic E-state index is 12.2. The van der Waals surface area contributed by atoms with E-state index in [1.165, 1.54) is 0 Å². The van der Waals surface area contributed by atoms with Gasteiger partial charge in [-0.3, -0.25) is 9.59 Å². The lowest BCUT2D eigenvalue weighted by molar-refractivity contribution is -0.137. The van der Waals surface area contributed by atoms with Crippen molar-refractivity contribution in [1.29, 1.82) is 0 Å². The van der Waals surface area contributed by atoms with E-state index < -0.39 is 17.7 Å². The van der Waals surface area contributed by atoms with Crippen molar-refractivity contribution < 1.29 is 24.9 Å². The quantitative estimate of drug-likeness (QED) is 0.276. The monoisotopic (exact) mass is 376 g/mol. The standard InChI is InChI=1S/C22H32O5/c1-3-5-14-22(27,4-2)15-10-12-18-17(19(23)16-20(18)24)11-8-6-7-9-13-21(25)26/h2,6,8,10,12,17-18,20,24,27H,3,5,7,9,11,13-16H2,1H3,(H,25,26)/t17-,18-,20?,22?/m1/s1. The Hall–Kier alpha value is -1.90. The lowest BCUT2D eigenvalue weighted by atomic mass is 9.88. The zero-order valence-electron chi connectivity index (χ0n) is 16.1. The summed E-state index contributed by atoms with van der Waals surface area (Å²) >= 11 is 0. The first-order chi connectivity index (χ1) is 12.8.